The van der Waals surface area contributed by atoms with E-state index in [1.165, 1.54) is 39.0 Å². The number of imidazole rings is 1. The Bertz CT molecular complexity index is 1650. The minimum Gasteiger partial charge on any atom is -0.490 e. The molecule has 15 nitrogen and oxygen atoms in total. The number of nitrogens with zero attached hydrogens (tertiary/aromatic N) is 5. The number of benzene rings is 1. The summed E-state index contributed by atoms with van der Waals surface area (Å²) >= 11 is 0. The van der Waals surface area contributed by atoms with Gasteiger partial charge < -0.3 is 38.8 Å². The molecule has 3 amide bonds. The van der Waals surface area contributed by atoms with E-state index in [-0.39, 0.29) is 54.0 Å². The lowest BCUT2D eigenvalue weighted by Gasteiger charge is -2.35. The van der Waals surface area contributed by atoms with E-state index >= 15 is 0 Å². The molecule has 2 aromatic heterocycles. The minimum absolute atomic E-state index is 0.140. The predicted octanol–water partition coefficient (Wildman–Crippen LogP) is 3.79. The van der Waals surface area contributed by atoms with Gasteiger partial charge in [-0.1, -0.05) is 12.1 Å². The standard InChI is InChI=1S/C32H47N7O8S/c1-20-15-39(21(2)18-40)31(41)26-14-25(36-48(43,44)29-17-37(6)19-33-29)11-12-27(26)46-22(3)10-8-9-13-45-28(20)16-38(7)32(42)34-30-23(4)35-47-24(30)5/h11-12,14,17,19-22,28,36,40H,8-10,13,15-16,18H2,1-7H3,(H,34,42)/t20-,21+,22-,28-/m0/s1. The zero-order valence-electron chi connectivity index (χ0n) is 28.6. The van der Waals surface area contributed by atoms with E-state index in [1.807, 2.05) is 13.8 Å². The van der Waals surface area contributed by atoms with Crippen LogP contribution in [-0.2, 0) is 21.8 Å². The third-order valence-corrected chi connectivity index (χ3v) is 9.59. The number of ether oxygens (including phenoxy) is 2. The number of rotatable bonds is 8. The molecular weight excluding hydrogens is 642 g/mol. The number of anilines is 2. The maximum absolute atomic E-state index is 14.3. The number of aliphatic hydroxyl groups is 1. The lowest BCUT2D eigenvalue weighted by atomic mass is 10.0. The summed E-state index contributed by atoms with van der Waals surface area (Å²) in [6.45, 7) is 9.54. The molecule has 4 atom stereocenters. The second kappa shape index (κ2) is 15.8. The molecule has 0 unspecified atom stereocenters. The molecule has 1 aliphatic rings. The highest BCUT2D eigenvalue weighted by atomic mass is 32.2. The average molecular weight is 690 g/mol. The number of fused-ring (bicyclic) bond motifs is 1. The van der Waals surface area contributed by atoms with E-state index in [2.05, 4.69) is 20.2 Å². The molecule has 1 aromatic carbocycles. The Labute approximate surface area is 281 Å². The first-order chi connectivity index (χ1) is 22.7. The highest BCUT2D eigenvalue weighted by Gasteiger charge is 2.31. The fourth-order valence-electron chi connectivity index (χ4n) is 5.40. The number of carbonyl (C=O) groups excluding carboxylic acids is 2. The summed E-state index contributed by atoms with van der Waals surface area (Å²) < 4.78 is 47.9. The van der Waals surface area contributed by atoms with Gasteiger partial charge in [-0.2, -0.15) is 8.42 Å². The normalized spacial score (nSPS) is 20.3. The zero-order valence-corrected chi connectivity index (χ0v) is 29.4. The topological polar surface area (TPSA) is 181 Å². The monoisotopic (exact) mass is 689 g/mol. The van der Waals surface area contributed by atoms with Crippen LogP contribution in [0.25, 0.3) is 0 Å². The number of aryl methyl sites for hydroxylation is 3. The number of likely N-dealkylation sites (N-methyl/N-ethyl adjacent to an activating group) is 1. The molecule has 1 aliphatic heterocycles. The molecule has 0 radical (unpaired) electrons. The number of hydrogen-bond donors (Lipinski definition) is 3. The van der Waals surface area contributed by atoms with Crippen LogP contribution < -0.4 is 14.8 Å². The lowest BCUT2D eigenvalue weighted by molar-refractivity contribution is -0.0115. The summed E-state index contributed by atoms with van der Waals surface area (Å²) in [5.41, 5.74) is 1.37. The molecule has 0 saturated carbocycles. The van der Waals surface area contributed by atoms with Gasteiger partial charge >= 0.3 is 6.03 Å². The van der Waals surface area contributed by atoms with E-state index in [0.717, 1.165) is 12.8 Å². The molecule has 3 heterocycles. The summed E-state index contributed by atoms with van der Waals surface area (Å²) in [7, 11) is -0.711. The Kier molecular flexibility index (Phi) is 12.1. The Morgan fingerprint density at radius 3 is 2.62 bits per heavy atom. The van der Waals surface area contributed by atoms with Crippen molar-refractivity contribution in [3.8, 4) is 5.75 Å². The lowest BCUT2D eigenvalue weighted by Crippen LogP contribution is -2.48. The van der Waals surface area contributed by atoms with Gasteiger partial charge in [-0.25, -0.2) is 9.78 Å². The Hall–Kier alpha value is -4.15. The van der Waals surface area contributed by atoms with Crippen LogP contribution in [0.15, 0.2) is 40.3 Å². The van der Waals surface area contributed by atoms with Crippen molar-refractivity contribution in [2.24, 2.45) is 13.0 Å². The molecule has 3 aromatic rings. The third-order valence-electron chi connectivity index (χ3n) is 8.33. The van der Waals surface area contributed by atoms with E-state index in [0.29, 0.717) is 35.9 Å². The van der Waals surface area contributed by atoms with Gasteiger partial charge in [0, 0.05) is 51.6 Å². The average Bonchev–Trinajstić information content (AvgIpc) is 3.63. The molecular formula is C32H47N7O8S. The molecule has 4 rings (SSSR count). The van der Waals surface area contributed by atoms with Gasteiger partial charge in [0.15, 0.2) is 10.8 Å². The van der Waals surface area contributed by atoms with Crippen LogP contribution in [-0.4, -0.2) is 102 Å². The molecule has 0 bridgehead atoms. The largest absolute Gasteiger partial charge is 0.490 e. The predicted molar refractivity (Wildman–Crippen MR) is 179 cm³/mol. The number of sulfonamides is 1. The molecule has 0 fully saturated rings. The number of amides is 3. The Morgan fingerprint density at radius 2 is 1.98 bits per heavy atom. The Balaban J connectivity index is 1.63. The quantitative estimate of drug-likeness (QED) is 0.315. The summed E-state index contributed by atoms with van der Waals surface area (Å²) in [6, 6.07) is 3.60. The van der Waals surface area contributed by atoms with E-state index < -0.39 is 28.1 Å². The molecule has 16 heteroatoms. The van der Waals surface area contributed by atoms with E-state index in [9.17, 15) is 23.1 Å². The third kappa shape index (κ3) is 9.05. The summed E-state index contributed by atoms with van der Waals surface area (Å²) in [6.07, 6.45) is 4.27. The Morgan fingerprint density at radius 1 is 1.23 bits per heavy atom. The van der Waals surface area contributed by atoms with Crippen molar-refractivity contribution in [3.63, 3.8) is 0 Å². The van der Waals surface area contributed by atoms with Gasteiger partial charge in [0.2, 0.25) is 0 Å². The molecule has 0 saturated heterocycles. The van der Waals surface area contributed by atoms with E-state index in [4.69, 9.17) is 14.0 Å². The molecule has 0 spiro atoms. The van der Waals surface area contributed by atoms with Crippen molar-refractivity contribution in [1.29, 1.82) is 0 Å². The molecule has 3 N–H and O–H groups in total. The number of aliphatic hydroxyl groups excluding tert-OH is 1. The smallest absolute Gasteiger partial charge is 0.321 e. The van der Waals surface area contributed by atoms with Crippen LogP contribution >= 0.6 is 0 Å². The number of carbonyl (C=O) groups is 2. The fourth-order valence-corrected chi connectivity index (χ4v) is 6.43. The van der Waals surface area contributed by atoms with Crippen LogP contribution in [0.2, 0.25) is 0 Å². The highest BCUT2D eigenvalue weighted by molar-refractivity contribution is 7.92. The van der Waals surface area contributed by atoms with Gasteiger partial charge in [-0.15, -0.1) is 0 Å². The number of nitrogens with one attached hydrogen (secondary N) is 2. The van der Waals surface area contributed by atoms with Crippen LogP contribution in [0.3, 0.4) is 0 Å². The second-order valence-corrected chi connectivity index (χ2v) is 14.1. The second-order valence-electron chi connectivity index (χ2n) is 12.5. The van der Waals surface area contributed by atoms with Crippen LogP contribution in [0.5, 0.6) is 5.75 Å². The number of hydrogen-bond acceptors (Lipinski definition) is 10. The first-order valence-corrected chi connectivity index (χ1v) is 17.5. The summed E-state index contributed by atoms with van der Waals surface area (Å²) in [5, 5.41) is 16.8. The van der Waals surface area contributed by atoms with Gasteiger partial charge in [0.25, 0.3) is 15.9 Å². The van der Waals surface area contributed by atoms with Crippen LogP contribution in [0.4, 0.5) is 16.2 Å². The molecule has 48 heavy (non-hydrogen) atoms. The van der Waals surface area contributed by atoms with Crippen molar-refractivity contribution in [2.45, 2.75) is 77.2 Å². The minimum atomic E-state index is -4.04. The van der Waals surface area contributed by atoms with Gasteiger partial charge in [-0.3, -0.25) is 9.52 Å². The van der Waals surface area contributed by atoms with Crippen molar-refractivity contribution < 1.29 is 37.1 Å². The highest BCUT2D eigenvalue weighted by Crippen LogP contribution is 2.29. The van der Waals surface area contributed by atoms with Crippen LogP contribution in [0.1, 0.15) is 61.8 Å². The number of aromatic nitrogens is 3. The van der Waals surface area contributed by atoms with Crippen molar-refractivity contribution in [2.75, 3.05) is 43.4 Å². The first kappa shape index (κ1) is 36.7. The maximum atomic E-state index is 14.3. The van der Waals surface area contributed by atoms with Crippen LogP contribution in [0, 0.1) is 19.8 Å². The van der Waals surface area contributed by atoms with Gasteiger partial charge in [0.05, 0.1) is 36.7 Å². The zero-order chi connectivity index (χ0) is 35.2. The fraction of sp³-hybridized carbons (Fsp3) is 0.562. The molecule has 0 aliphatic carbocycles. The van der Waals surface area contributed by atoms with Gasteiger partial charge in [-0.05, 0) is 65.2 Å². The number of urea groups is 1. The maximum Gasteiger partial charge on any atom is 0.321 e. The van der Waals surface area contributed by atoms with Crippen molar-refractivity contribution >= 4 is 33.3 Å². The van der Waals surface area contributed by atoms with Crippen molar-refractivity contribution in [1.82, 2.24) is 24.5 Å². The first-order valence-electron chi connectivity index (χ1n) is 16.0. The SMILES string of the molecule is Cc1noc(C)c1NC(=O)N(C)C[C@@H]1OCCCC[C@H](C)Oc2ccc(NS(=O)(=O)c3cn(C)cn3)cc2C(=O)N([C@H](C)CO)C[C@@H]1C. The van der Waals surface area contributed by atoms with Crippen molar-refractivity contribution in [3.05, 3.63) is 47.7 Å². The summed E-state index contributed by atoms with van der Waals surface area (Å²) in [5.74, 6) is 0.0611. The van der Waals surface area contributed by atoms with E-state index in [1.54, 1.807) is 40.9 Å². The van der Waals surface area contributed by atoms with Gasteiger partial charge in [0.1, 0.15) is 17.1 Å². The molecule has 264 valence electrons. The summed E-state index contributed by atoms with van der Waals surface area (Å²) in [4.78, 5) is 34.5.